The summed E-state index contributed by atoms with van der Waals surface area (Å²) < 4.78 is 0. The molecular formula is C41H25N5. The smallest absolute Gasteiger partial charge is 0.0979 e. The molecule has 0 N–H and O–H groups in total. The molecule has 46 heavy (non-hydrogen) atoms. The molecule has 0 amide bonds. The van der Waals surface area contributed by atoms with Crippen LogP contribution in [0.5, 0.6) is 0 Å². The third-order valence-corrected chi connectivity index (χ3v) is 8.52. The molecule has 5 aromatic carbocycles. The number of pyridine rings is 3. The number of hydrogen-bond acceptors (Lipinski definition) is 5. The van der Waals surface area contributed by atoms with Crippen molar-refractivity contribution in [2.24, 2.45) is 0 Å². The van der Waals surface area contributed by atoms with Crippen molar-refractivity contribution < 1.29 is 0 Å². The van der Waals surface area contributed by atoms with Gasteiger partial charge in [0.15, 0.2) is 0 Å². The highest BCUT2D eigenvalue weighted by atomic mass is 14.8. The molecule has 214 valence electrons. The van der Waals surface area contributed by atoms with Gasteiger partial charge in [-0.15, -0.1) is 0 Å². The van der Waals surface area contributed by atoms with Crippen molar-refractivity contribution in [1.82, 2.24) is 24.9 Å². The van der Waals surface area contributed by atoms with Crippen molar-refractivity contribution in [3.63, 3.8) is 0 Å². The molecular weight excluding hydrogens is 562 g/mol. The van der Waals surface area contributed by atoms with Crippen molar-refractivity contribution in [2.45, 2.75) is 0 Å². The number of para-hydroxylation sites is 2. The van der Waals surface area contributed by atoms with Crippen LogP contribution >= 0.6 is 0 Å². The van der Waals surface area contributed by atoms with Crippen LogP contribution in [0.3, 0.4) is 0 Å². The lowest BCUT2D eigenvalue weighted by Gasteiger charge is -2.15. The maximum atomic E-state index is 5.26. The van der Waals surface area contributed by atoms with Crippen LogP contribution in [0.4, 0.5) is 0 Å². The lowest BCUT2D eigenvalue weighted by molar-refractivity contribution is 1.27. The van der Waals surface area contributed by atoms with Gasteiger partial charge in [-0.25, -0.2) is 19.9 Å². The molecule has 5 nitrogen and oxygen atoms in total. The van der Waals surface area contributed by atoms with Crippen LogP contribution in [0, 0.1) is 0 Å². The Bertz CT molecular complexity index is 2580. The first-order valence-electron chi connectivity index (χ1n) is 15.3. The zero-order valence-corrected chi connectivity index (χ0v) is 24.7. The molecule has 0 radical (unpaired) electrons. The fourth-order valence-electron chi connectivity index (χ4n) is 6.29. The van der Waals surface area contributed by atoms with Gasteiger partial charge in [0.25, 0.3) is 0 Å². The van der Waals surface area contributed by atoms with Crippen molar-refractivity contribution in [1.29, 1.82) is 0 Å². The summed E-state index contributed by atoms with van der Waals surface area (Å²) in [6.45, 7) is 0. The quantitative estimate of drug-likeness (QED) is 0.192. The minimum Gasteiger partial charge on any atom is -0.255 e. The summed E-state index contributed by atoms with van der Waals surface area (Å²) in [6, 6.07) is 49.6. The van der Waals surface area contributed by atoms with E-state index in [4.69, 9.17) is 19.9 Å². The van der Waals surface area contributed by atoms with E-state index in [0.717, 1.165) is 88.8 Å². The Morgan fingerprint density at radius 3 is 1.63 bits per heavy atom. The highest BCUT2D eigenvalue weighted by Gasteiger charge is 2.18. The monoisotopic (exact) mass is 587 g/mol. The Morgan fingerprint density at radius 2 is 0.913 bits per heavy atom. The Morgan fingerprint density at radius 1 is 0.348 bits per heavy atom. The first kappa shape index (κ1) is 26.1. The molecule has 0 bridgehead atoms. The van der Waals surface area contributed by atoms with Gasteiger partial charge in [0.1, 0.15) is 0 Å². The van der Waals surface area contributed by atoms with E-state index in [1.54, 1.807) is 6.20 Å². The largest absolute Gasteiger partial charge is 0.255 e. The fourth-order valence-corrected chi connectivity index (χ4v) is 6.29. The highest BCUT2D eigenvalue weighted by molar-refractivity contribution is 6.08. The molecule has 0 spiro atoms. The van der Waals surface area contributed by atoms with E-state index in [-0.39, 0.29) is 0 Å². The van der Waals surface area contributed by atoms with Crippen LogP contribution in [-0.2, 0) is 0 Å². The predicted octanol–water partition coefficient (Wildman–Crippen LogP) is 9.94. The van der Waals surface area contributed by atoms with Gasteiger partial charge in [0.2, 0.25) is 0 Å². The molecule has 9 rings (SSSR count). The van der Waals surface area contributed by atoms with Gasteiger partial charge in [-0.05, 0) is 47.2 Å². The van der Waals surface area contributed by atoms with Crippen LogP contribution in [0.2, 0.25) is 0 Å². The number of fused-ring (bicyclic) bond motifs is 5. The van der Waals surface area contributed by atoms with Crippen LogP contribution < -0.4 is 0 Å². The molecule has 9 aromatic rings. The summed E-state index contributed by atoms with van der Waals surface area (Å²) >= 11 is 0. The number of rotatable bonds is 4. The van der Waals surface area contributed by atoms with E-state index < -0.39 is 0 Å². The van der Waals surface area contributed by atoms with E-state index in [2.05, 4.69) is 83.8 Å². The average molecular weight is 588 g/mol. The van der Waals surface area contributed by atoms with Gasteiger partial charge >= 0.3 is 0 Å². The molecule has 4 heterocycles. The van der Waals surface area contributed by atoms with Gasteiger partial charge in [0.05, 0.1) is 50.5 Å². The zero-order chi connectivity index (χ0) is 30.5. The van der Waals surface area contributed by atoms with Crippen LogP contribution in [0.1, 0.15) is 0 Å². The Hall–Kier alpha value is -6.33. The molecule has 0 saturated heterocycles. The Labute approximate surface area is 264 Å². The van der Waals surface area contributed by atoms with E-state index >= 15 is 0 Å². The molecule has 0 aliphatic rings. The SMILES string of the molecule is c1ccc(-c2nc3ccccc3nc2-c2ccc(-c3ccc4ccc5ccc(-c6ccccn6)nc5c4n3)c3ccccc23)cc1. The van der Waals surface area contributed by atoms with Gasteiger partial charge in [-0.2, -0.15) is 0 Å². The number of hydrogen-bond donors (Lipinski definition) is 0. The summed E-state index contributed by atoms with van der Waals surface area (Å²) in [5, 5.41) is 4.28. The Balaban J connectivity index is 1.25. The number of aromatic nitrogens is 5. The number of nitrogens with zero attached hydrogens (tertiary/aromatic N) is 5. The molecule has 0 saturated carbocycles. The number of benzene rings is 5. The molecule has 0 atom stereocenters. The van der Waals surface area contributed by atoms with Crippen LogP contribution in [0.15, 0.2) is 152 Å². The highest BCUT2D eigenvalue weighted by Crippen LogP contribution is 2.39. The van der Waals surface area contributed by atoms with Gasteiger partial charge in [0, 0.05) is 33.7 Å². The molecule has 0 aliphatic carbocycles. The first-order chi connectivity index (χ1) is 22.8. The molecule has 0 unspecified atom stereocenters. The third kappa shape index (κ3) is 4.37. The lowest BCUT2D eigenvalue weighted by atomic mass is 9.93. The fraction of sp³-hybridized carbons (Fsp3) is 0. The van der Waals surface area contributed by atoms with Gasteiger partial charge in [-0.1, -0.05) is 109 Å². The molecule has 0 fully saturated rings. The van der Waals surface area contributed by atoms with Crippen molar-refractivity contribution in [2.75, 3.05) is 0 Å². The second-order valence-corrected chi connectivity index (χ2v) is 11.3. The van der Waals surface area contributed by atoms with E-state index in [9.17, 15) is 0 Å². The van der Waals surface area contributed by atoms with E-state index in [1.807, 2.05) is 66.7 Å². The van der Waals surface area contributed by atoms with Gasteiger partial charge < -0.3 is 0 Å². The maximum absolute atomic E-state index is 5.26. The van der Waals surface area contributed by atoms with Crippen LogP contribution in [0.25, 0.3) is 88.8 Å². The predicted molar refractivity (Wildman–Crippen MR) is 187 cm³/mol. The van der Waals surface area contributed by atoms with Crippen molar-refractivity contribution in [3.05, 3.63) is 152 Å². The standard InChI is InChI=1S/C41H25N5/c1-2-10-26(11-3-1)40-41(46-36-16-7-6-15-35(36)44-40)32-22-21-31(29-12-4-5-13-30(29)32)33-23-19-27-17-18-28-20-24-37(34-14-8-9-25-42-34)45-39(28)38(27)43-33/h1-25H. The minimum absolute atomic E-state index is 0.827. The normalized spacial score (nSPS) is 11.5. The first-order valence-corrected chi connectivity index (χ1v) is 15.3. The maximum Gasteiger partial charge on any atom is 0.0979 e. The molecule has 4 aromatic heterocycles. The summed E-state index contributed by atoms with van der Waals surface area (Å²) in [7, 11) is 0. The minimum atomic E-state index is 0.827. The topological polar surface area (TPSA) is 64.5 Å². The molecule has 0 aliphatic heterocycles. The van der Waals surface area contributed by atoms with E-state index in [1.165, 1.54) is 0 Å². The summed E-state index contributed by atoms with van der Waals surface area (Å²) in [5.74, 6) is 0. The zero-order valence-electron chi connectivity index (χ0n) is 24.7. The van der Waals surface area contributed by atoms with E-state index in [0.29, 0.717) is 0 Å². The summed E-state index contributed by atoms with van der Waals surface area (Å²) in [6.07, 6.45) is 1.79. The third-order valence-electron chi connectivity index (χ3n) is 8.52. The van der Waals surface area contributed by atoms with Crippen LogP contribution in [-0.4, -0.2) is 24.9 Å². The van der Waals surface area contributed by atoms with Gasteiger partial charge in [-0.3, -0.25) is 4.98 Å². The molecule has 5 heteroatoms. The van der Waals surface area contributed by atoms with Crippen molar-refractivity contribution >= 4 is 43.6 Å². The lowest BCUT2D eigenvalue weighted by Crippen LogP contribution is -1.97. The second-order valence-electron chi connectivity index (χ2n) is 11.3. The second kappa shape index (κ2) is 10.7. The average Bonchev–Trinajstić information content (AvgIpc) is 3.14. The Kier molecular flexibility index (Phi) is 6.06. The summed E-state index contributed by atoms with van der Waals surface area (Å²) in [4.78, 5) is 25.1. The summed E-state index contributed by atoms with van der Waals surface area (Å²) in [5.41, 5.74) is 10.9. The van der Waals surface area contributed by atoms with Crippen molar-refractivity contribution in [3.8, 4) is 45.2 Å².